The summed E-state index contributed by atoms with van der Waals surface area (Å²) in [5.41, 5.74) is 2.85. The van der Waals surface area contributed by atoms with Gasteiger partial charge in [0.25, 0.3) is 0 Å². The van der Waals surface area contributed by atoms with Crippen LogP contribution in [0.1, 0.15) is 0 Å². The molecule has 0 fully saturated rings. The van der Waals surface area contributed by atoms with Gasteiger partial charge >= 0.3 is 0 Å². The summed E-state index contributed by atoms with van der Waals surface area (Å²) in [6.45, 7) is 0. The van der Waals surface area contributed by atoms with Crippen LogP contribution < -0.4 is 0 Å². The van der Waals surface area contributed by atoms with E-state index in [0.29, 0.717) is 17.5 Å². The zero-order chi connectivity index (χ0) is 18.1. The Morgan fingerprint density at radius 3 is 1.88 bits per heavy atom. The topological polar surface area (TPSA) is 28.7 Å². The van der Waals surface area contributed by atoms with Crippen LogP contribution in [0.15, 0.2) is 72.8 Å². The van der Waals surface area contributed by atoms with Gasteiger partial charge in [-0.05, 0) is 6.07 Å². The zero-order valence-corrected chi connectivity index (χ0v) is 13.5. The van der Waals surface area contributed by atoms with Crippen molar-refractivity contribution in [3.8, 4) is 33.9 Å². The summed E-state index contributed by atoms with van der Waals surface area (Å²) >= 11 is 0. The number of nitrogens with zero attached hydrogens (tertiary/aromatic N) is 1. The molecule has 1 N–H and O–H groups in total. The quantitative estimate of drug-likeness (QED) is 0.463. The maximum atomic E-state index is 14.2. The van der Waals surface area contributed by atoms with Crippen molar-refractivity contribution >= 4 is 0 Å². The maximum Gasteiger partial charge on any atom is 0.161 e. The molecule has 0 atom stereocenters. The van der Waals surface area contributed by atoms with E-state index in [0.717, 1.165) is 17.2 Å². The van der Waals surface area contributed by atoms with Crippen LogP contribution in [0.5, 0.6) is 0 Å². The molecule has 2 nitrogen and oxygen atoms in total. The lowest BCUT2D eigenvalue weighted by Crippen LogP contribution is -1.92. The van der Waals surface area contributed by atoms with Crippen LogP contribution in [0.3, 0.4) is 0 Å². The van der Waals surface area contributed by atoms with Crippen molar-refractivity contribution in [2.24, 2.45) is 0 Å². The van der Waals surface area contributed by atoms with Crippen LogP contribution >= 0.6 is 0 Å². The summed E-state index contributed by atoms with van der Waals surface area (Å²) in [4.78, 5) is 7.53. The molecule has 3 aromatic carbocycles. The van der Waals surface area contributed by atoms with Crippen molar-refractivity contribution in [2.45, 2.75) is 0 Å². The lowest BCUT2D eigenvalue weighted by atomic mass is 10.1. The van der Waals surface area contributed by atoms with Gasteiger partial charge in [0.1, 0.15) is 11.6 Å². The number of rotatable bonds is 3. The third kappa shape index (κ3) is 2.88. The van der Waals surface area contributed by atoms with Crippen molar-refractivity contribution in [2.75, 3.05) is 0 Å². The van der Waals surface area contributed by atoms with Gasteiger partial charge in [0.05, 0.1) is 17.0 Å². The molecule has 5 heteroatoms. The normalized spacial score (nSPS) is 10.9. The average molecular weight is 350 g/mol. The van der Waals surface area contributed by atoms with Crippen LogP contribution in [0.2, 0.25) is 0 Å². The number of H-pyrrole nitrogens is 1. The van der Waals surface area contributed by atoms with Gasteiger partial charge < -0.3 is 4.98 Å². The molecule has 0 saturated carbocycles. The van der Waals surface area contributed by atoms with Gasteiger partial charge in [-0.25, -0.2) is 18.2 Å². The number of benzene rings is 3. The summed E-state index contributed by atoms with van der Waals surface area (Å²) < 4.78 is 41.1. The molecule has 128 valence electrons. The minimum atomic E-state index is -1.23. The standard InChI is InChI=1S/C21H13F3N2/c22-16-12-18(24)17(23)11-15(16)21-25-19(13-7-3-1-4-8-13)20(26-21)14-9-5-2-6-10-14/h1-12H,(H,25,26). The molecule has 0 aliphatic heterocycles. The second-order valence-corrected chi connectivity index (χ2v) is 5.79. The summed E-state index contributed by atoms with van der Waals surface area (Å²) in [7, 11) is 0. The van der Waals surface area contributed by atoms with E-state index in [1.54, 1.807) is 0 Å². The molecule has 0 saturated heterocycles. The lowest BCUT2D eigenvalue weighted by molar-refractivity contribution is 0.496. The van der Waals surface area contributed by atoms with E-state index >= 15 is 0 Å². The molecule has 0 amide bonds. The highest BCUT2D eigenvalue weighted by Gasteiger charge is 2.19. The van der Waals surface area contributed by atoms with Crippen LogP contribution in [-0.4, -0.2) is 9.97 Å². The highest BCUT2D eigenvalue weighted by molar-refractivity contribution is 5.81. The van der Waals surface area contributed by atoms with Crippen molar-refractivity contribution in [1.29, 1.82) is 0 Å². The Balaban J connectivity index is 1.94. The minimum absolute atomic E-state index is 0.122. The van der Waals surface area contributed by atoms with Crippen molar-refractivity contribution in [3.05, 3.63) is 90.2 Å². The van der Waals surface area contributed by atoms with Crippen molar-refractivity contribution in [1.82, 2.24) is 9.97 Å². The fourth-order valence-corrected chi connectivity index (χ4v) is 2.82. The van der Waals surface area contributed by atoms with E-state index in [-0.39, 0.29) is 11.4 Å². The molecule has 1 heterocycles. The Morgan fingerprint density at radius 1 is 0.654 bits per heavy atom. The molecule has 0 spiro atoms. The third-order valence-electron chi connectivity index (χ3n) is 4.08. The molecular formula is C21H13F3N2. The summed E-state index contributed by atoms with van der Waals surface area (Å²) in [6, 6.07) is 20.2. The number of hydrogen-bond acceptors (Lipinski definition) is 1. The lowest BCUT2D eigenvalue weighted by Gasteiger charge is -2.02. The Morgan fingerprint density at radius 2 is 1.23 bits per heavy atom. The maximum absolute atomic E-state index is 14.2. The number of aromatic nitrogens is 2. The van der Waals surface area contributed by atoms with Gasteiger partial charge in [0.15, 0.2) is 11.6 Å². The molecule has 0 bridgehead atoms. The highest BCUT2D eigenvalue weighted by Crippen LogP contribution is 2.34. The highest BCUT2D eigenvalue weighted by atomic mass is 19.2. The van der Waals surface area contributed by atoms with Crippen LogP contribution in [0, 0.1) is 17.5 Å². The van der Waals surface area contributed by atoms with E-state index in [1.165, 1.54) is 0 Å². The molecule has 0 aliphatic carbocycles. The molecule has 0 unspecified atom stereocenters. The van der Waals surface area contributed by atoms with Gasteiger partial charge in [0, 0.05) is 17.2 Å². The molecule has 26 heavy (non-hydrogen) atoms. The number of hydrogen-bond donors (Lipinski definition) is 1. The first kappa shape index (κ1) is 16.1. The van der Waals surface area contributed by atoms with E-state index in [2.05, 4.69) is 9.97 Å². The Labute approximate surface area is 148 Å². The molecule has 4 aromatic rings. The number of halogens is 3. The van der Waals surface area contributed by atoms with E-state index < -0.39 is 17.5 Å². The molecule has 0 radical (unpaired) electrons. The van der Waals surface area contributed by atoms with Crippen molar-refractivity contribution < 1.29 is 13.2 Å². The summed E-state index contributed by atoms with van der Waals surface area (Å²) in [6.07, 6.45) is 0. The second-order valence-electron chi connectivity index (χ2n) is 5.79. The van der Waals surface area contributed by atoms with Gasteiger partial charge in [0.2, 0.25) is 0 Å². The smallest absolute Gasteiger partial charge is 0.161 e. The van der Waals surface area contributed by atoms with E-state index in [9.17, 15) is 13.2 Å². The predicted octanol–water partition coefficient (Wildman–Crippen LogP) is 5.83. The first-order chi connectivity index (χ1) is 12.6. The predicted molar refractivity (Wildman–Crippen MR) is 94.8 cm³/mol. The van der Waals surface area contributed by atoms with E-state index in [4.69, 9.17) is 0 Å². The Bertz CT molecular complexity index is 1000. The van der Waals surface area contributed by atoms with Gasteiger partial charge in [-0.3, -0.25) is 0 Å². The fourth-order valence-electron chi connectivity index (χ4n) is 2.82. The Kier molecular flexibility index (Phi) is 4.05. The summed E-state index contributed by atoms with van der Waals surface area (Å²) in [5, 5.41) is 0. The third-order valence-corrected chi connectivity index (χ3v) is 4.08. The second kappa shape index (κ2) is 6.52. The first-order valence-corrected chi connectivity index (χ1v) is 7.99. The largest absolute Gasteiger partial charge is 0.337 e. The monoisotopic (exact) mass is 350 g/mol. The average Bonchev–Trinajstić information content (AvgIpc) is 3.11. The minimum Gasteiger partial charge on any atom is -0.337 e. The first-order valence-electron chi connectivity index (χ1n) is 7.99. The van der Waals surface area contributed by atoms with Crippen molar-refractivity contribution in [3.63, 3.8) is 0 Å². The fraction of sp³-hybridized carbons (Fsp3) is 0. The molecular weight excluding hydrogens is 337 g/mol. The van der Waals surface area contributed by atoms with Crippen LogP contribution in [0.4, 0.5) is 13.2 Å². The van der Waals surface area contributed by atoms with Crippen LogP contribution in [-0.2, 0) is 0 Å². The zero-order valence-electron chi connectivity index (χ0n) is 13.5. The van der Waals surface area contributed by atoms with Gasteiger partial charge in [-0.15, -0.1) is 0 Å². The SMILES string of the molecule is Fc1cc(F)c(-c2nc(-c3ccccc3)c(-c3ccccc3)[nH]2)cc1F. The number of aromatic amines is 1. The Hall–Kier alpha value is -3.34. The van der Waals surface area contributed by atoms with E-state index in [1.807, 2.05) is 60.7 Å². The molecule has 4 rings (SSSR count). The number of nitrogens with one attached hydrogen (secondary N) is 1. The van der Waals surface area contributed by atoms with Gasteiger partial charge in [-0.1, -0.05) is 60.7 Å². The van der Waals surface area contributed by atoms with Gasteiger partial charge in [-0.2, -0.15) is 0 Å². The van der Waals surface area contributed by atoms with Crippen LogP contribution in [0.25, 0.3) is 33.9 Å². The summed E-state index contributed by atoms with van der Waals surface area (Å²) in [5.74, 6) is -3.10. The molecule has 1 aromatic heterocycles. The molecule has 0 aliphatic rings. The number of imidazole rings is 1.